The van der Waals surface area contributed by atoms with Gasteiger partial charge in [0.05, 0.1) is 7.59 Å². The summed E-state index contributed by atoms with van der Waals surface area (Å²) in [5.41, 5.74) is 1.40. The number of halogens is 2. The summed E-state index contributed by atoms with van der Waals surface area (Å²) >= 11 is 0. The molecule has 4 rings (SSSR count). The predicted octanol–water partition coefficient (Wildman–Crippen LogP) is -1.79. The fourth-order valence-electron chi connectivity index (χ4n) is 4.72. The van der Waals surface area contributed by atoms with E-state index in [1.165, 1.54) is 27.2 Å². The third-order valence-corrected chi connectivity index (χ3v) is 23.8. The quantitative estimate of drug-likeness (QED) is 0.302. The van der Waals surface area contributed by atoms with E-state index in [-0.39, 0.29) is 56.6 Å². The topological polar surface area (TPSA) is 32.3 Å². The summed E-state index contributed by atoms with van der Waals surface area (Å²) in [5.74, 6) is 0. The molecule has 2 nitrogen and oxygen atoms in total. The number of rotatable bonds is 4. The van der Waals surface area contributed by atoms with Crippen molar-refractivity contribution < 1.29 is 56.1 Å². The van der Waals surface area contributed by atoms with Gasteiger partial charge in [-0.2, -0.15) is 0 Å². The SMILES string of the molecule is CC(C)(C)Nc1cc2c([cH-]c3ccccc32)c2c1[Si]2(C)[Si](C)(C)CCO.[Cl-].[Cl-].[Zr+3]. The first kappa shape index (κ1) is 27.0. The molecule has 1 aliphatic rings. The monoisotopic (exact) mass is 540 g/mol. The van der Waals surface area contributed by atoms with E-state index in [0.29, 0.717) is 6.61 Å². The van der Waals surface area contributed by atoms with E-state index >= 15 is 0 Å². The maximum absolute atomic E-state index is 9.70. The number of hydrogen-bond acceptors (Lipinski definition) is 2. The minimum Gasteiger partial charge on any atom is -1.00 e. The molecule has 1 atom stereocenters. The summed E-state index contributed by atoms with van der Waals surface area (Å²) in [5, 5.41) is 22.4. The molecule has 0 spiro atoms. The van der Waals surface area contributed by atoms with Gasteiger partial charge in [0.25, 0.3) is 0 Å². The van der Waals surface area contributed by atoms with Crippen molar-refractivity contribution in [2.75, 3.05) is 11.9 Å². The minimum absolute atomic E-state index is 0. The summed E-state index contributed by atoms with van der Waals surface area (Å²) < 4.78 is 0. The van der Waals surface area contributed by atoms with E-state index in [9.17, 15) is 5.11 Å². The van der Waals surface area contributed by atoms with E-state index < -0.39 is 15.2 Å². The smallest absolute Gasteiger partial charge is 1.00 e. The van der Waals surface area contributed by atoms with Gasteiger partial charge in [-0.05, 0) is 26.8 Å². The van der Waals surface area contributed by atoms with Crippen molar-refractivity contribution in [2.45, 2.75) is 52.0 Å². The Labute approximate surface area is 208 Å². The summed E-state index contributed by atoms with van der Waals surface area (Å²) in [7, 11) is -3.17. The normalized spacial score (nSPS) is 17.8. The van der Waals surface area contributed by atoms with Crippen molar-refractivity contribution in [3.63, 3.8) is 0 Å². The van der Waals surface area contributed by atoms with Crippen molar-refractivity contribution >= 4 is 52.8 Å². The zero-order valence-electron chi connectivity index (χ0n) is 18.1. The van der Waals surface area contributed by atoms with Crippen LogP contribution in [-0.4, -0.2) is 32.4 Å². The van der Waals surface area contributed by atoms with E-state index in [2.05, 4.69) is 82.1 Å². The van der Waals surface area contributed by atoms with Gasteiger partial charge >= 0.3 is 26.2 Å². The van der Waals surface area contributed by atoms with Crippen molar-refractivity contribution in [2.24, 2.45) is 0 Å². The van der Waals surface area contributed by atoms with Crippen LogP contribution >= 0.6 is 0 Å². The molecule has 0 aromatic heterocycles. The average molecular weight is 543 g/mol. The Bertz CT molecular complexity index is 1030. The summed E-state index contributed by atoms with van der Waals surface area (Å²) in [6, 6.07) is 14.6. The van der Waals surface area contributed by atoms with E-state index in [4.69, 9.17) is 0 Å². The summed E-state index contributed by atoms with van der Waals surface area (Å²) in [6.45, 7) is 14.6. The molecule has 3 aromatic carbocycles. The number of aliphatic hydroxyl groups is 1. The summed E-state index contributed by atoms with van der Waals surface area (Å²) in [4.78, 5) is 0. The Morgan fingerprint density at radius 3 is 2.28 bits per heavy atom. The largest absolute Gasteiger partial charge is 3.00 e. The molecule has 1 unspecified atom stereocenters. The molecule has 7 heteroatoms. The van der Waals surface area contributed by atoms with Crippen LogP contribution in [0.2, 0.25) is 25.7 Å². The van der Waals surface area contributed by atoms with Crippen molar-refractivity contribution in [3.05, 3.63) is 36.4 Å². The van der Waals surface area contributed by atoms with E-state index in [0.717, 1.165) is 6.04 Å². The molecule has 0 fully saturated rings. The van der Waals surface area contributed by atoms with Gasteiger partial charge in [-0.3, -0.25) is 0 Å². The van der Waals surface area contributed by atoms with Gasteiger partial charge in [-0.15, -0.1) is 38.9 Å². The standard InChI is InChI=1S/C22H30NOSi2.2ClH.Zr/c1-22(2,3)23-19-14-17-16-10-8-7-9-15(16)13-18(17)20-21(19)26(20,6)25(4,5)12-11-24;;;/h7-10,13-14,23-24H,11-12H2,1-6H3;2*1H;/q-1;;;+3/p-2. The Balaban J connectivity index is 0.00000140. The number of nitrogens with one attached hydrogen (secondary N) is 1. The number of fused-ring (bicyclic) bond motifs is 5. The first-order chi connectivity index (χ1) is 12.1. The summed E-state index contributed by atoms with van der Waals surface area (Å²) in [6.07, 6.45) is 0. The zero-order chi connectivity index (χ0) is 18.9. The molecule has 1 heterocycles. The number of aliphatic hydroxyl groups excluding tert-OH is 1. The van der Waals surface area contributed by atoms with Crippen molar-refractivity contribution in [3.8, 4) is 0 Å². The maximum Gasteiger partial charge on any atom is 3.00 e. The molecule has 0 amide bonds. The number of benzene rings is 2. The first-order valence-electron chi connectivity index (χ1n) is 9.65. The third kappa shape index (κ3) is 4.20. The number of hydrogen-bond donors (Lipinski definition) is 2. The second kappa shape index (κ2) is 8.84. The van der Waals surface area contributed by atoms with Crippen LogP contribution in [0.15, 0.2) is 36.4 Å². The van der Waals surface area contributed by atoms with Gasteiger partial charge < -0.3 is 35.2 Å². The second-order valence-corrected chi connectivity index (χ2v) is 24.3. The molecular formula is C22H30Cl2NOSi2Zr. The van der Waals surface area contributed by atoms with Crippen molar-refractivity contribution in [1.29, 1.82) is 0 Å². The van der Waals surface area contributed by atoms with E-state index in [1.807, 2.05) is 0 Å². The second-order valence-electron chi connectivity index (χ2n) is 9.72. The van der Waals surface area contributed by atoms with Crippen LogP contribution in [0.3, 0.4) is 0 Å². The molecule has 1 radical (unpaired) electrons. The molecular weight excluding hydrogens is 513 g/mol. The maximum atomic E-state index is 9.70. The van der Waals surface area contributed by atoms with Gasteiger partial charge in [-0.1, -0.05) is 49.1 Å². The average Bonchev–Trinajstić information content (AvgIpc) is 3.03. The van der Waals surface area contributed by atoms with Gasteiger partial charge in [-0.25, -0.2) is 0 Å². The molecule has 155 valence electrons. The molecule has 3 aromatic rings. The minimum atomic E-state index is -1.65. The van der Waals surface area contributed by atoms with Gasteiger partial charge in [0, 0.05) is 25.4 Å². The molecule has 0 aliphatic carbocycles. The Morgan fingerprint density at radius 1 is 1.07 bits per heavy atom. The van der Waals surface area contributed by atoms with Crippen LogP contribution in [0.25, 0.3) is 21.5 Å². The van der Waals surface area contributed by atoms with Crippen LogP contribution < -0.4 is 40.5 Å². The first-order valence-corrected chi connectivity index (χ1v) is 16.4. The molecule has 0 saturated carbocycles. The molecule has 29 heavy (non-hydrogen) atoms. The molecule has 2 N–H and O–H groups in total. The van der Waals surface area contributed by atoms with Crippen LogP contribution in [0.1, 0.15) is 20.8 Å². The fraction of sp³-hybridized carbons (Fsp3) is 0.409. The Morgan fingerprint density at radius 2 is 1.69 bits per heavy atom. The van der Waals surface area contributed by atoms with Crippen LogP contribution in [-0.2, 0) is 26.2 Å². The van der Waals surface area contributed by atoms with Gasteiger partial charge in [0.15, 0.2) is 0 Å². The van der Waals surface area contributed by atoms with E-state index in [1.54, 1.807) is 10.4 Å². The third-order valence-electron chi connectivity index (χ3n) is 6.46. The molecule has 0 saturated heterocycles. The Hall–Kier alpha value is -0.0331. The van der Waals surface area contributed by atoms with Gasteiger partial charge in [0.1, 0.15) is 0 Å². The number of anilines is 1. The fourth-order valence-corrected chi connectivity index (χ4v) is 17.8. The zero-order valence-corrected chi connectivity index (χ0v) is 24.1. The molecule has 1 aliphatic heterocycles. The Kier molecular flexibility index (Phi) is 8.23. The van der Waals surface area contributed by atoms with Crippen LogP contribution in [0.5, 0.6) is 0 Å². The predicted molar refractivity (Wildman–Crippen MR) is 121 cm³/mol. The van der Waals surface area contributed by atoms with Crippen molar-refractivity contribution in [1.82, 2.24) is 0 Å². The van der Waals surface area contributed by atoms with Gasteiger partial charge in [0.2, 0.25) is 0 Å². The van der Waals surface area contributed by atoms with Crippen LogP contribution in [0.4, 0.5) is 5.69 Å². The van der Waals surface area contributed by atoms with Crippen LogP contribution in [0, 0.1) is 0 Å². The molecule has 0 bridgehead atoms.